The molecule has 0 fully saturated rings. The molecule has 96 valence electrons. The number of Topliss-reactive ketones (excluding diaryl/α,β-unsaturated/α-hetero) is 1. The molecule has 0 aromatic heterocycles. The van der Waals surface area contributed by atoms with Crippen molar-refractivity contribution in [1.82, 2.24) is 0 Å². The van der Waals surface area contributed by atoms with Gasteiger partial charge in [-0.2, -0.15) is 13.2 Å². The molecular formula is C11H7BrF3NO2. The Kier molecular flexibility index (Phi) is 3.18. The van der Waals surface area contributed by atoms with Gasteiger partial charge in [0.1, 0.15) is 6.42 Å². The summed E-state index contributed by atoms with van der Waals surface area (Å²) >= 11 is 3.04. The topological polar surface area (TPSA) is 46.2 Å². The molecule has 0 saturated heterocycles. The minimum atomic E-state index is -4.54. The van der Waals surface area contributed by atoms with Crippen LogP contribution >= 0.6 is 15.9 Å². The first kappa shape index (κ1) is 13.1. The Morgan fingerprint density at radius 3 is 2.67 bits per heavy atom. The van der Waals surface area contributed by atoms with Crippen molar-refractivity contribution in [2.24, 2.45) is 0 Å². The van der Waals surface area contributed by atoms with Gasteiger partial charge in [0, 0.05) is 15.7 Å². The largest absolute Gasteiger partial charge is 0.396 e. The van der Waals surface area contributed by atoms with Crippen molar-refractivity contribution in [3.63, 3.8) is 0 Å². The maximum absolute atomic E-state index is 12.2. The Hall–Kier alpha value is -1.37. The standard InChI is InChI=1S/C11H7BrF3NO2/c12-7-3-8-5(2-10(18)16-8)1-6(7)9(17)4-11(13,14)15/h1,3H,2,4H2,(H,16,18). The quantitative estimate of drug-likeness (QED) is 0.851. The van der Waals surface area contributed by atoms with E-state index in [4.69, 9.17) is 0 Å². The van der Waals surface area contributed by atoms with E-state index in [-0.39, 0.29) is 22.4 Å². The van der Waals surface area contributed by atoms with Gasteiger partial charge in [0.2, 0.25) is 5.91 Å². The lowest BCUT2D eigenvalue weighted by atomic mass is 10.0. The summed E-state index contributed by atoms with van der Waals surface area (Å²) in [6, 6.07) is 2.77. The van der Waals surface area contributed by atoms with Crippen LogP contribution in [0, 0.1) is 0 Å². The van der Waals surface area contributed by atoms with Crippen molar-refractivity contribution < 1.29 is 22.8 Å². The Labute approximate surface area is 108 Å². The zero-order valence-electron chi connectivity index (χ0n) is 8.90. The molecule has 1 aromatic carbocycles. The van der Waals surface area contributed by atoms with E-state index in [2.05, 4.69) is 21.2 Å². The van der Waals surface area contributed by atoms with Gasteiger partial charge in [0.05, 0.1) is 6.42 Å². The lowest BCUT2D eigenvalue weighted by molar-refractivity contribution is -0.125. The molecule has 3 nitrogen and oxygen atoms in total. The third kappa shape index (κ3) is 2.72. The number of fused-ring (bicyclic) bond motifs is 1. The fraction of sp³-hybridized carbons (Fsp3) is 0.273. The minimum absolute atomic E-state index is 0.0532. The van der Waals surface area contributed by atoms with Crippen molar-refractivity contribution >= 4 is 33.3 Å². The molecule has 1 N–H and O–H groups in total. The van der Waals surface area contributed by atoms with Crippen LogP contribution in [0.1, 0.15) is 22.3 Å². The van der Waals surface area contributed by atoms with E-state index in [9.17, 15) is 22.8 Å². The zero-order chi connectivity index (χ0) is 13.5. The predicted octanol–water partition coefficient (Wildman–Crippen LogP) is 3.08. The molecule has 2 rings (SSSR count). The summed E-state index contributed by atoms with van der Waals surface area (Å²) in [7, 11) is 0. The van der Waals surface area contributed by atoms with E-state index in [0.29, 0.717) is 11.3 Å². The average molecular weight is 322 g/mol. The number of amides is 1. The minimum Gasteiger partial charge on any atom is -0.325 e. The van der Waals surface area contributed by atoms with Crippen molar-refractivity contribution in [1.29, 1.82) is 0 Å². The first-order valence-corrected chi connectivity index (χ1v) is 5.78. The molecule has 0 radical (unpaired) electrons. The molecule has 0 aliphatic carbocycles. The number of nitrogens with one attached hydrogen (secondary N) is 1. The van der Waals surface area contributed by atoms with Crippen LogP contribution in [-0.2, 0) is 11.2 Å². The van der Waals surface area contributed by atoms with Crippen LogP contribution in [-0.4, -0.2) is 17.9 Å². The van der Waals surface area contributed by atoms with Gasteiger partial charge in [0.25, 0.3) is 0 Å². The summed E-state index contributed by atoms with van der Waals surface area (Å²) in [6.45, 7) is 0. The van der Waals surface area contributed by atoms with E-state index in [1.54, 1.807) is 0 Å². The lowest BCUT2D eigenvalue weighted by Crippen LogP contribution is -2.15. The number of benzene rings is 1. The second-order valence-corrected chi connectivity index (χ2v) is 4.78. The molecule has 1 amide bonds. The van der Waals surface area contributed by atoms with E-state index >= 15 is 0 Å². The van der Waals surface area contributed by atoms with Gasteiger partial charge in [-0.15, -0.1) is 0 Å². The smallest absolute Gasteiger partial charge is 0.325 e. The lowest BCUT2D eigenvalue weighted by Gasteiger charge is -2.09. The SMILES string of the molecule is O=C1Cc2cc(C(=O)CC(F)(F)F)c(Br)cc2N1. The van der Waals surface area contributed by atoms with Gasteiger partial charge in [0.15, 0.2) is 5.78 Å². The van der Waals surface area contributed by atoms with Crippen LogP contribution < -0.4 is 5.32 Å². The molecule has 7 heteroatoms. The number of hydrogen-bond donors (Lipinski definition) is 1. The number of ketones is 1. The summed E-state index contributed by atoms with van der Waals surface area (Å²) < 4.78 is 36.7. The molecule has 1 heterocycles. The van der Waals surface area contributed by atoms with Crippen LogP contribution in [0.25, 0.3) is 0 Å². The van der Waals surface area contributed by atoms with Gasteiger partial charge in [-0.05, 0) is 33.6 Å². The number of carbonyl (C=O) groups is 2. The monoisotopic (exact) mass is 321 g/mol. The van der Waals surface area contributed by atoms with Crippen molar-refractivity contribution in [2.45, 2.75) is 19.0 Å². The Balaban J connectivity index is 2.33. The number of halogens is 4. The fourth-order valence-electron chi connectivity index (χ4n) is 1.74. The predicted molar refractivity (Wildman–Crippen MR) is 61.5 cm³/mol. The molecule has 0 spiro atoms. The highest BCUT2D eigenvalue weighted by molar-refractivity contribution is 9.10. The molecule has 18 heavy (non-hydrogen) atoms. The van der Waals surface area contributed by atoms with Crippen molar-refractivity contribution in [3.8, 4) is 0 Å². The summed E-state index contributed by atoms with van der Waals surface area (Å²) in [5.41, 5.74) is 1.01. The van der Waals surface area contributed by atoms with Gasteiger partial charge < -0.3 is 5.32 Å². The fourth-order valence-corrected chi connectivity index (χ4v) is 2.30. The van der Waals surface area contributed by atoms with Crippen LogP contribution in [0.4, 0.5) is 18.9 Å². The summed E-state index contributed by atoms with van der Waals surface area (Å²) in [4.78, 5) is 22.6. The molecule has 0 atom stereocenters. The summed E-state index contributed by atoms with van der Waals surface area (Å²) in [6.07, 6.45) is -5.97. The van der Waals surface area contributed by atoms with Gasteiger partial charge in [-0.25, -0.2) is 0 Å². The molecule has 0 bridgehead atoms. The van der Waals surface area contributed by atoms with Crippen LogP contribution in [0.15, 0.2) is 16.6 Å². The van der Waals surface area contributed by atoms with E-state index in [1.165, 1.54) is 12.1 Å². The van der Waals surface area contributed by atoms with Gasteiger partial charge in [-0.1, -0.05) is 0 Å². The third-order valence-corrected chi connectivity index (χ3v) is 3.14. The molecule has 1 aliphatic heterocycles. The highest BCUT2D eigenvalue weighted by Crippen LogP contribution is 2.32. The Bertz CT molecular complexity index is 540. The van der Waals surface area contributed by atoms with Gasteiger partial charge in [-0.3, -0.25) is 9.59 Å². The first-order chi connectivity index (χ1) is 8.26. The van der Waals surface area contributed by atoms with E-state index in [0.717, 1.165) is 0 Å². The maximum Gasteiger partial charge on any atom is 0.396 e. The second kappa shape index (κ2) is 4.38. The normalized spacial score (nSPS) is 14.3. The number of anilines is 1. The highest BCUT2D eigenvalue weighted by Gasteiger charge is 2.33. The van der Waals surface area contributed by atoms with E-state index < -0.39 is 18.4 Å². The third-order valence-electron chi connectivity index (χ3n) is 2.48. The van der Waals surface area contributed by atoms with E-state index in [1.807, 2.05) is 0 Å². The Morgan fingerprint density at radius 1 is 1.39 bits per heavy atom. The highest BCUT2D eigenvalue weighted by atomic mass is 79.9. The van der Waals surface area contributed by atoms with Crippen LogP contribution in [0.2, 0.25) is 0 Å². The Morgan fingerprint density at radius 2 is 2.06 bits per heavy atom. The second-order valence-electron chi connectivity index (χ2n) is 3.93. The average Bonchev–Trinajstić information content (AvgIpc) is 2.53. The number of rotatable bonds is 2. The molecule has 0 unspecified atom stereocenters. The zero-order valence-corrected chi connectivity index (χ0v) is 10.5. The molecule has 0 saturated carbocycles. The van der Waals surface area contributed by atoms with Crippen molar-refractivity contribution in [2.75, 3.05) is 5.32 Å². The molecule has 1 aliphatic rings. The van der Waals surface area contributed by atoms with Crippen molar-refractivity contribution in [3.05, 3.63) is 27.7 Å². The molecule has 1 aromatic rings. The number of hydrogen-bond acceptors (Lipinski definition) is 2. The first-order valence-electron chi connectivity index (χ1n) is 4.98. The van der Waals surface area contributed by atoms with Crippen LogP contribution in [0.3, 0.4) is 0 Å². The summed E-state index contributed by atoms with van der Waals surface area (Å²) in [5, 5.41) is 2.55. The maximum atomic E-state index is 12.2. The van der Waals surface area contributed by atoms with Crippen LogP contribution in [0.5, 0.6) is 0 Å². The molecular weight excluding hydrogens is 315 g/mol. The van der Waals surface area contributed by atoms with Gasteiger partial charge >= 0.3 is 6.18 Å². The number of carbonyl (C=O) groups excluding carboxylic acids is 2. The summed E-state index contributed by atoms with van der Waals surface area (Å²) in [5.74, 6) is -1.26. The number of alkyl halides is 3.